The Kier molecular flexibility index (Phi) is 14.6. The van der Waals surface area contributed by atoms with E-state index < -0.39 is 5.97 Å². The Bertz CT molecular complexity index is 229. The van der Waals surface area contributed by atoms with Gasteiger partial charge < -0.3 is 5.11 Å². The average Bonchev–Trinajstić information content (AvgIpc) is 2.32. The molecule has 3 heteroatoms. The fourth-order valence-corrected chi connectivity index (χ4v) is 1.43. The summed E-state index contributed by atoms with van der Waals surface area (Å²) < 4.78 is 0. The quantitative estimate of drug-likeness (QED) is 0.597. The van der Waals surface area contributed by atoms with Crippen molar-refractivity contribution in [1.82, 2.24) is 0 Å². The van der Waals surface area contributed by atoms with E-state index >= 15 is 0 Å². The molecule has 1 N–H and O–H groups in total. The van der Waals surface area contributed by atoms with Crippen LogP contribution in [-0.4, -0.2) is 11.1 Å². The first kappa shape index (κ1) is 18.6. The van der Waals surface area contributed by atoms with Crippen LogP contribution in [0.1, 0.15) is 39.5 Å². The molecule has 2 nitrogen and oxygen atoms in total. The average molecular weight is 228 g/mol. The van der Waals surface area contributed by atoms with Crippen molar-refractivity contribution in [1.29, 1.82) is 0 Å². The number of carboxylic acids is 1. The van der Waals surface area contributed by atoms with Gasteiger partial charge in [0.05, 0.1) is 5.92 Å². The summed E-state index contributed by atoms with van der Waals surface area (Å²) in [7, 11) is 0. The SMILES string of the molecule is CCCC(CCC)C(=O)O.[Li+].[c-]1ccccc1. The molecule has 0 radical (unpaired) electrons. The maximum absolute atomic E-state index is 10.5. The minimum absolute atomic E-state index is 0. The maximum Gasteiger partial charge on any atom is 1.00 e. The Hall–Kier alpha value is -0.713. The van der Waals surface area contributed by atoms with E-state index in [1.54, 1.807) is 0 Å². The van der Waals surface area contributed by atoms with Gasteiger partial charge in [0.1, 0.15) is 0 Å². The topological polar surface area (TPSA) is 37.3 Å². The summed E-state index contributed by atoms with van der Waals surface area (Å²) in [4.78, 5) is 10.5. The Labute approximate surface area is 117 Å². The molecule has 0 bridgehead atoms. The molecule has 0 aliphatic heterocycles. The van der Waals surface area contributed by atoms with Gasteiger partial charge in [-0.15, -0.1) is 0 Å². The number of carbonyl (C=O) groups is 1. The van der Waals surface area contributed by atoms with Gasteiger partial charge in [-0.25, -0.2) is 0 Å². The van der Waals surface area contributed by atoms with Crippen LogP contribution in [0.5, 0.6) is 0 Å². The van der Waals surface area contributed by atoms with Crippen molar-refractivity contribution in [3.05, 3.63) is 36.4 Å². The van der Waals surface area contributed by atoms with E-state index in [1.165, 1.54) is 0 Å². The molecule has 90 valence electrons. The fourth-order valence-electron chi connectivity index (χ4n) is 1.43. The Morgan fingerprint density at radius 1 is 1.12 bits per heavy atom. The van der Waals surface area contributed by atoms with Crippen LogP contribution in [0.2, 0.25) is 0 Å². The molecule has 1 rings (SSSR count). The second-order valence-corrected chi connectivity index (χ2v) is 3.69. The van der Waals surface area contributed by atoms with Crippen LogP contribution < -0.4 is 18.9 Å². The van der Waals surface area contributed by atoms with Gasteiger partial charge in [-0.1, -0.05) is 26.7 Å². The van der Waals surface area contributed by atoms with Gasteiger partial charge >= 0.3 is 24.8 Å². The van der Waals surface area contributed by atoms with Crippen molar-refractivity contribution in [3.8, 4) is 0 Å². The van der Waals surface area contributed by atoms with Crippen molar-refractivity contribution < 1.29 is 28.8 Å². The fraction of sp³-hybridized carbons (Fsp3) is 0.500. The molecule has 0 saturated carbocycles. The molecule has 0 atom stereocenters. The third-order valence-electron chi connectivity index (χ3n) is 2.23. The van der Waals surface area contributed by atoms with Crippen molar-refractivity contribution in [2.45, 2.75) is 39.5 Å². The summed E-state index contributed by atoms with van der Waals surface area (Å²) in [6.07, 6.45) is 3.58. The third-order valence-corrected chi connectivity index (χ3v) is 2.23. The van der Waals surface area contributed by atoms with Crippen molar-refractivity contribution in [2.75, 3.05) is 0 Å². The number of hydrogen-bond donors (Lipinski definition) is 1. The Balaban J connectivity index is 0. The summed E-state index contributed by atoms with van der Waals surface area (Å²) >= 11 is 0. The minimum Gasteiger partial charge on any atom is -0.481 e. The monoisotopic (exact) mass is 228 g/mol. The number of rotatable bonds is 5. The zero-order chi connectivity index (χ0) is 12.2. The molecular weight excluding hydrogens is 207 g/mol. The summed E-state index contributed by atoms with van der Waals surface area (Å²) in [6.45, 7) is 4.04. The molecule has 0 saturated heterocycles. The van der Waals surface area contributed by atoms with Gasteiger partial charge in [0.25, 0.3) is 0 Å². The molecule has 0 fully saturated rings. The largest absolute Gasteiger partial charge is 1.00 e. The molecular formula is C14H21LiO2. The molecule has 0 aromatic heterocycles. The van der Waals surface area contributed by atoms with Crippen LogP contribution >= 0.6 is 0 Å². The van der Waals surface area contributed by atoms with Crippen molar-refractivity contribution >= 4 is 5.97 Å². The van der Waals surface area contributed by atoms with E-state index in [1.807, 2.05) is 44.2 Å². The predicted octanol–water partition coefficient (Wildman–Crippen LogP) is 0.778. The first-order chi connectivity index (χ1) is 7.72. The van der Waals surface area contributed by atoms with Gasteiger partial charge in [0, 0.05) is 0 Å². The van der Waals surface area contributed by atoms with Crippen molar-refractivity contribution in [3.63, 3.8) is 0 Å². The number of carboxylic acid groups (broad SMARTS) is 1. The van der Waals surface area contributed by atoms with Gasteiger partial charge in [0.15, 0.2) is 0 Å². The molecule has 0 amide bonds. The number of hydrogen-bond acceptors (Lipinski definition) is 1. The van der Waals surface area contributed by atoms with E-state index in [0.29, 0.717) is 0 Å². The van der Waals surface area contributed by atoms with Gasteiger partial charge in [-0.05, 0) is 12.8 Å². The molecule has 1 aromatic rings. The van der Waals surface area contributed by atoms with Gasteiger partial charge in [0.2, 0.25) is 0 Å². The number of aliphatic carboxylic acids is 1. The normalized spacial score (nSPS) is 8.88. The first-order valence-corrected chi connectivity index (χ1v) is 5.86. The maximum atomic E-state index is 10.5. The van der Waals surface area contributed by atoms with E-state index in [-0.39, 0.29) is 24.8 Å². The molecule has 0 aliphatic rings. The Morgan fingerprint density at radius 2 is 1.59 bits per heavy atom. The second kappa shape index (κ2) is 13.4. The van der Waals surface area contributed by atoms with Crippen LogP contribution in [-0.2, 0) is 4.79 Å². The molecule has 0 aliphatic carbocycles. The smallest absolute Gasteiger partial charge is 0.481 e. The van der Waals surface area contributed by atoms with E-state index in [0.717, 1.165) is 25.7 Å². The van der Waals surface area contributed by atoms with Crippen LogP contribution in [0.3, 0.4) is 0 Å². The summed E-state index contributed by atoms with van der Waals surface area (Å²) in [5.74, 6) is -0.737. The molecule has 0 heterocycles. The Morgan fingerprint density at radius 3 is 1.76 bits per heavy atom. The standard InChI is InChI=1S/C8H16O2.C6H5.Li/c1-3-5-7(6-4-2)8(9)10;1-2-4-6-5-3-1;/h7H,3-6H2,1-2H3,(H,9,10);1-5H;/q;-1;+1. The van der Waals surface area contributed by atoms with Gasteiger partial charge in [-0.2, -0.15) is 36.4 Å². The molecule has 0 unspecified atom stereocenters. The third kappa shape index (κ3) is 11.5. The van der Waals surface area contributed by atoms with Crippen LogP contribution in [0.25, 0.3) is 0 Å². The first-order valence-electron chi connectivity index (χ1n) is 5.86. The zero-order valence-corrected chi connectivity index (χ0v) is 11.1. The predicted molar refractivity (Wildman–Crippen MR) is 66.2 cm³/mol. The zero-order valence-electron chi connectivity index (χ0n) is 11.1. The summed E-state index contributed by atoms with van der Waals surface area (Å²) in [5.41, 5.74) is 0. The van der Waals surface area contributed by atoms with Crippen LogP contribution in [0.15, 0.2) is 30.3 Å². The van der Waals surface area contributed by atoms with E-state index in [4.69, 9.17) is 5.11 Å². The minimum atomic E-state index is -0.635. The van der Waals surface area contributed by atoms with Gasteiger partial charge in [-0.3, -0.25) is 4.79 Å². The van der Waals surface area contributed by atoms with Crippen molar-refractivity contribution in [2.24, 2.45) is 5.92 Å². The number of benzene rings is 1. The van der Waals surface area contributed by atoms with E-state index in [9.17, 15) is 4.79 Å². The molecule has 1 aromatic carbocycles. The second-order valence-electron chi connectivity index (χ2n) is 3.69. The summed E-state index contributed by atoms with van der Waals surface area (Å²) in [6, 6.07) is 12.5. The van der Waals surface area contributed by atoms with E-state index in [2.05, 4.69) is 6.07 Å². The molecule has 17 heavy (non-hydrogen) atoms. The van der Waals surface area contributed by atoms with Crippen LogP contribution in [0.4, 0.5) is 0 Å². The van der Waals surface area contributed by atoms with Crippen LogP contribution in [0, 0.1) is 12.0 Å². The summed E-state index contributed by atoms with van der Waals surface area (Å²) in [5, 5.41) is 8.64. The molecule has 0 spiro atoms.